The fourth-order valence-electron chi connectivity index (χ4n) is 2.26. The molecule has 1 fully saturated rings. The summed E-state index contributed by atoms with van der Waals surface area (Å²) < 4.78 is 19.5. The zero-order valence-corrected chi connectivity index (χ0v) is 16.0. The molecule has 1 aliphatic heterocycles. The Morgan fingerprint density at radius 3 is 2.69 bits per heavy atom. The Bertz CT molecular complexity index is 776. The van der Waals surface area contributed by atoms with Crippen molar-refractivity contribution < 1.29 is 13.9 Å². The van der Waals surface area contributed by atoms with Crippen LogP contribution in [0.3, 0.4) is 0 Å². The summed E-state index contributed by atoms with van der Waals surface area (Å²) in [7, 11) is 0. The van der Waals surface area contributed by atoms with E-state index in [0.29, 0.717) is 10.3 Å². The lowest BCUT2D eigenvalue weighted by Crippen LogP contribution is -2.24. The number of nitrogens with zero attached hydrogens (tertiary/aromatic N) is 1. The average molecular weight is 411 g/mol. The Hall–Kier alpha value is -1.70. The van der Waals surface area contributed by atoms with Gasteiger partial charge in [-0.05, 0) is 29.8 Å². The van der Waals surface area contributed by atoms with Gasteiger partial charge >= 0.3 is 0 Å². The van der Waals surface area contributed by atoms with Crippen molar-refractivity contribution in [1.29, 1.82) is 0 Å². The van der Waals surface area contributed by atoms with Crippen molar-refractivity contribution in [2.24, 2.45) is 5.10 Å². The monoisotopic (exact) mass is 410 g/mol. The summed E-state index contributed by atoms with van der Waals surface area (Å²) in [5, 5.41) is 3.93. The highest BCUT2D eigenvalue weighted by Gasteiger charge is 2.17. The molecule has 3 rings (SSSR count). The maximum absolute atomic E-state index is 13.6. The van der Waals surface area contributed by atoms with Crippen LogP contribution in [0.2, 0.25) is 5.02 Å². The summed E-state index contributed by atoms with van der Waals surface area (Å²) in [4.78, 5) is 11.8. The van der Waals surface area contributed by atoms with Gasteiger partial charge in [0.2, 0.25) is 0 Å². The third kappa shape index (κ3) is 5.16. The van der Waals surface area contributed by atoms with Gasteiger partial charge in [0.15, 0.2) is 6.61 Å². The molecule has 0 spiro atoms. The number of benzene rings is 2. The predicted octanol–water partition coefficient (Wildman–Crippen LogP) is 4.49. The number of amides is 1. The minimum atomic E-state index is -0.509. The highest BCUT2D eigenvalue weighted by atomic mass is 35.5. The number of carbonyl (C=O) groups is 1. The second-order valence-corrected chi connectivity index (χ2v) is 8.49. The Kier molecular flexibility index (Phi) is 6.82. The highest BCUT2D eigenvalue weighted by molar-refractivity contribution is 8.19. The van der Waals surface area contributed by atoms with Crippen LogP contribution in [0.5, 0.6) is 5.75 Å². The van der Waals surface area contributed by atoms with E-state index in [2.05, 4.69) is 10.5 Å². The van der Waals surface area contributed by atoms with Gasteiger partial charge in [0, 0.05) is 17.1 Å². The fourth-order valence-corrected chi connectivity index (χ4v) is 5.33. The normalized spacial score (nSPS) is 14.7. The number of hydrogen-bond acceptors (Lipinski definition) is 5. The van der Waals surface area contributed by atoms with Crippen LogP contribution < -0.4 is 10.2 Å². The molecule has 0 radical (unpaired) electrons. The molecule has 8 heteroatoms. The van der Waals surface area contributed by atoms with Crippen LogP contribution in [0.4, 0.5) is 4.39 Å². The molecular weight excluding hydrogens is 395 g/mol. The van der Waals surface area contributed by atoms with Gasteiger partial charge in [0.1, 0.15) is 11.6 Å². The highest BCUT2D eigenvalue weighted by Crippen LogP contribution is 2.45. The summed E-state index contributed by atoms with van der Waals surface area (Å²) in [6, 6.07) is 12.0. The molecule has 0 atom stereocenters. The van der Waals surface area contributed by atoms with Crippen LogP contribution in [0, 0.1) is 5.82 Å². The standard InChI is InChI=1S/C18H16ClFN2O2S2/c19-15-2-1-3-16(20)14(15)10-21-22-17(23)11-24-13-6-4-12(5-7-13)18-25-8-9-26-18/h1-7,10,18H,8-9,11H2,(H,22,23)/b21-10-. The number of hydrazone groups is 1. The van der Waals surface area contributed by atoms with Crippen LogP contribution in [0.15, 0.2) is 47.6 Å². The van der Waals surface area contributed by atoms with Gasteiger partial charge in [-0.25, -0.2) is 9.82 Å². The van der Waals surface area contributed by atoms with E-state index >= 15 is 0 Å². The topological polar surface area (TPSA) is 50.7 Å². The van der Waals surface area contributed by atoms with Crippen LogP contribution >= 0.6 is 35.1 Å². The van der Waals surface area contributed by atoms with E-state index in [4.69, 9.17) is 16.3 Å². The number of nitrogens with one attached hydrogen (secondary N) is 1. The van der Waals surface area contributed by atoms with E-state index in [0.717, 1.165) is 0 Å². The third-order valence-electron chi connectivity index (χ3n) is 3.53. The van der Waals surface area contributed by atoms with E-state index in [9.17, 15) is 9.18 Å². The van der Waals surface area contributed by atoms with Gasteiger partial charge in [-0.3, -0.25) is 4.79 Å². The molecule has 136 valence electrons. The van der Waals surface area contributed by atoms with Crippen molar-refractivity contribution in [3.8, 4) is 5.75 Å². The minimum absolute atomic E-state index is 0.119. The molecule has 2 aromatic rings. The van der Waals surface area contributed by atoms with Crippen molar-refractivity contribution in [2.75, 3.05) is 18.1 Å². The average Bonchev–Trinajstić information content (AvgIpc) is 3.17. The summed E-state index contributed by atoms with van der Waals surface area (Å²) in [5.41, 5.74) is 3.66. The lowest BCUT2D eigenvalue weighted by Gasteiger charge is -2.10. The maximum Gasteiger partial charge on any atom is 0.277 e. The molecule has 0 aromatic heterocycles. The van der Waals surface area contributed by atoms with E-state index in [-0.39, 0.29) is 17.2 Å². The van der Waals surface area contributed by atoms with Gasteiger partial charge in [-0.1, -0.05) is 29.8 Å². The minimum Gasteiger partial charge on any atom is -0.484 e. The quantitative estimate of drug-likeness (QED) is 0.563. The first-order chi connectivity index (χ1) is 12.6. The van der Waals surface area contributed by atoms with Crippen molar-refractivity contribution in [1.82, 2.24) is 5.43 Å². The van der Waals surface area contributed by atoms with Gasteiger partial charge < -0.3 is 4.74 Å². The summed E-state index contributed by atoms with van der Waals surface area (Å²) >= 11 is 9.74. The molecule has 4 nitrogen and oxygen atoms in total. The molecule has 0 aliphatic carbocycles. The second kappa shape index (κ2) is 9.30. The van der Waals surface area contributed by atoms with Crippen molar-refractivity contribution in [3.63, 3.8) is 0 Å². The Morgan fingerprint density at radius 1 is 1.27 bits per heavy atom. The Morgan fingerprint density at radius 2 is 2.00 bits per heavy atom. The molecule has 1 aliphatic rings. The second-order valence-electron chi connectivity index (χ2n) is 5.36. The summed E-state index contributed by atoms with van der Waals surface area (Å²) in [5.74, 6) is 2.00. The van der Waals surface area contributed by atoms with E-state index in [1.807, 2.05) is 47.8 Å². The number of ether oxygens (including phenoxy) is 1. The smallest absolute Gasteiger partial charge is 0.277 e. The first kappa shape index (κ1) is 19.1. The van der Waals surface area contributed by atoms with Crippen LogP contribution in [-0.2, 0) is 4.79 Å². The molecule has 1 heterocycles. The van der Waals surface area contributed by atoms with Gasteiger partial charge in [-0.15, -0.1) is 23.5 Å². The van der Waals surface area contributed by atoms with Crippen LogP contribution in [0.1, 0.15) is 15.7 Å². The molecule has 0 unspecified atom stereocenters. The summed E-state index contributed by atoms with van der Waals surface area (Å²) in [6.07, 6.45) is 1.17. The SMILES string of the molecule is O=C(COc1ccc(C2SCCS2)cc1)N/N=C\c1c(F)cccc1Cl. The fraction of sp³-hybridized carbons (Fsp3) is 0.222. The Labute approximate surface area is 164 Å². The largest absolute Gasteiger partial charge is 0.484 e. The molecule has 2 aromatic carbocycles. The number of thioether (sulfide) groups is 2. The van der Waals surface area contributed by atoms with E-state index in [1.54, 1.807) is 6.07 Å². The van der Waals surface area contributed by atoms with Crippen molar-refractivity contribution in [3.05, 3.63) is 64.4 Å². The molecule has 1 amide bonds. The van der Waals surface area contributed by atoms with Gasteiger partial charge in [0.25, 0.3) is 5.91 Å². The summed E-state index contributed by atoms with van der Waals surface area (Å²) in [6.45, 7) is -0.186. The number of carbonyl (C=O) groups excluding carboxylic acids is 1. The molecular formula is C18H16ClFN2O2S2. The molecule has 0 saturated carbocycles. The zero-order valence-electron chi connectivity index (χ0n) is 13.7. The zero-order chi connectivity index (χ0) is 18.4. The third-order valence-corrected chi connectivity index (χ3v) is 6.96. The molecule has 1 saturated heterocycles. The number of hydrogen-bond donors (Lipinski definition) is 1. The lowest BCUT2D eigenvalue weighted by atomic mass is 10.2. The van der Waals surface area contributed by atoms with Crippen molar-refractivity contribution >= 4 is 47.2 Å². The first-order valence-corrected chi connectivity index (χ1v) is 10.3. The first-order valence-electron chi connectivity index (χ1n) is 7.85. The van der Waals surface area contributed by atoms with E-state index < -0.39 is 11.7 Å². The lowest BCUT2D eigenvalue weighted by molar-refractivity contribution is -0.123. The maximum atomic E-state index is 13.6. The van der Waals surface area contributed by atoms with Gasteiger partial charge in [0.05, 0.1) is 15.8 Å². The van der Waals surface area contributed by atoms with E-state index in [1.165, 1.54) is 35.4 Å². The van der Waals surface area contributed by atoms with Crippen LogP contribution in [-0.4, -0.2) is 30.2 Å². The van der Waals surface area contributed by atoms with Crippen molar-refractivity contribution in [2.45, 2.75) is 4.58 Å². The molecule has 1 N–H and O–H groups in total. The van der Waals surface area contributed by atoms with Crippen LogP contribution in [0.25, 0.3) is 0 Å². The Balaban J connectivity index is 1.47. The number of halogens is 2. The molecule has 26 heavy (non-hydrogen) atoms. The number of rotatable bonds is 6. The molecule has 0 bridgehead atoms. The predicted molar refractivity (Wildman–Crippen MR) is 107 cm³/mol. The van der Waals surface area contributed by atoms with Gasteiger partial charge in [-0.2, -0.15) is 5.10 Å².